The van der Waals surface area contributed by atoms with Crippen molar-refractivity contribution in [2.24, 2.45) is 0 Å². The summed E-state index contributed by atoms with van der Waals surface area (Å²) in [4.78, 5) is 14.8. The van der Waals surface area contributed by atoms with Crippen LogP contribution < -0.4 is 5.32 Å². The van der Waals surface area contributed by atoms with Crippen molar-refractivity contribution >= 4 is 32.5 Å². The molecule has 1 fully saturated rings. The topological polar surface area (TPSA) is 95.7 Å². The first kappa shape index (κ1) is 23.7. The van der Waals surface area contributed by atoms with Crippen LogP contribution in [0.1, 0.15) is 5.56 Å². The normalized spacial score (nSPS) is 15.9. The van der Waals surface area contributed by atoms with Gasteiger partial charge in [0.1, 0.15) is 5.69 Å². The van der Waals surface area contributed by atoms with Crippen LogP contribution in [0.2, 0.25) is 0 Å². The lowest BCUT2D eigenvalue weighted by Gasteiger charge is -2.19. The summed E-state index contributed by atoms with van der Waals surface area (Å²) in [5.74, 6) is 0.444. The lowest BCUT2D eigenvalue weighted by atomic mass is 10.1. The number of benzene rings is 2. The number of rotatable bonds is 8. The molecule has 9 nitrogen and oxygen atoms in total. The van der Waals surface area contributed by atoms with E-state index in [9.17, 15) is 8.42 Å². The second-order valence-electron chi connectivity index (χ2n) is 8.65. The van der Waals surface area contributed by atoms with E-state index in [2.05, 4.69) is 10.3 Å². The molecule has 2 aromatic carbocycles. The Morgan fingerprint density at radius 3 is 2.49 bits per heavy atom. The van der Waals surface area contributed by atoms with Gasteiger partial charge in [0.15, 0.2) is 4.96 Å². The highest BCUT2D eigenvalue weighted by Gasteiger charge is 2.35. The van der Waals surface area contributed by atoms with Gasteiger partial charge in [0.25, 0.3) is 10.2 Å². The molecule has 0 spiro atoms. The molecule has 0 aliphatic carbocycles. The fraction of sp³-hybridized carbons (Fsp3) is 0.192. The zero-order chi connectivity index (χ0) is 25.2. The summed E-state index contributed by atoms with van der Waals surface area (Å²) >= 11 is 1.57. The third-order valence-corrected chi connectivity index (χ3v) is 9.04. The van der Waals surface area contributed by atoms with Gasteiger partial charge in [0.2, 0.25) is 5.95 Å². The number of hydrogen-bond acceptors (Lipinski definition) is 7. The molecule has 1 aliphatic heterocycles. The van der Waals surface area contributed by atoms with Gasteiger partial charge in [0, 0.05) is 56.1 Å². The minimum Gasteiger partial charge on any atom is -0.353 e. The van der Waals surface area contributed by atoms with Crippen LogP contribution in [0, 0.1) is 0 Å². The van der Waals surface area contributed by atoms with Crippen LogP contribution in [0.4, 0.5) is 5.95 Å². The summed E-state index contributed by atoms with van der Waals surface area (Å²) in [5, 5.41) is 5.20. The van der Waals surface area contributed by atoms with E-state index in [0.717, 1.165) is 33.2 Å². The maximum absolute atomic E-state index is 13.0. The Kier molecular flexibility index (Phi) is 6.43. The molecule has 5 aromatic rings. The molecule has 1 aliphatic rings. The first-order valence-corrected chi connectivity index (χ1v) is 14.2. The lowest BCUT2D eigenvalue weighted by molar-refractivity contribution is 0.442. The van der Waals surface area contributed by atoms with Gasteiger partial charge in [-0.1, -0.05) is 60.7 Å². The largest absolute Gasteiger partial charge is 0.353 e. The number of thiazole rings is 1. The Balaban J connectivity index is 1.17. The van der Waals surface area contributed by atoms with Crippen molar-refractivity contribution < 1.29 is 8.42 Å². The van der Waals surface area contributed by atoms with Crippen molar-refractivity contribution in [3.8, 4) is 22.6 Å². The van der Waals surface area contributed by atoms with Crippen molar-refractivity contribution in [3.63, 3.8) is 0 Å². The Morgan fingerprint density at radius 2 is 1.68 bits per heavy atom. The Hall–Kier alpha value is -3.64. The van der Waals surface area contributed by atoms with E-state index in [1.54, 1.807) is 17.5 Å². The van der Waals surface area contributed by atoms with Crippen molar-refractivity contribution in [1.82, 2.24) is 28.0 Å². The maximum Gasteiger partial charge on any atom is 0.282 e. The first-order chi connectivity index (χ1) is 18.1. The third-order valence-electron chi connectivity index (χ3n) is 6.30. The van der Waals surface area contributed by atoms with E-state index < -0.39 is 10.2 Å². The molecular weight excluding hydrogens is 506 g/mol. The molecule has 0 amide bonds. The quantitative estimate of drug-likeness (QED) is 0.325. The average Bonchev–Trinajstić information content (AvgIpc) is 3.59. The molecule has 0 bridgehead atoms. The predicted octanol–water partition coefficient (Wildman–Crippen LogP) is 3.99. The van der Waals surface area contributed by atoms with Gasteiger partial charge in [-0.15, -0.1) is 11.3 Å². The summed E-state index contributed by atoms with van der Waals surface area (Å²) in [6.45, 7) is 2.05. The predicted molar refractivity (Wildman–Crippen MR) is 145 cm³/mol. The fourth-order valence-corrected chi connectivity index (χ4v) is 6.79. The van der Waals surface area contributed by atoms with Crippen molar-refractivity contribution in [1.29, 1.82) is 0 Å². The highest BCUT2D eigenvalue weighted by atomic mass is 32.2. The summed E-state index contributed by atoms with van der Waals surface area (Å²) in [7, 11) is -3.50. The van der Waals surface area contributed by atoms with E-state index in [-0.39, 0.29) is 0 Å². The summed E-state index contributed by atoms with van der Waals surface area (Å²) in [6.07, 6.45) is 3.70. The molecular formula is C26H25N7O2S2. The van der Waals surface area contributed by atoms with Crippen LogP contribution in [-0.4, -0.2) is 62.6 Å². The van der Waals surface area contributed by atoms with Crippen LogP contribution in [0.25, 0.3) is 27.6 Å². The number of anilines is 1. The van der Waals surface area contributed by atoms with Gasteiger partial charge >= 0.3 is 0 Å². The molecule has 188 valence electrons. The maximum atomic E-state index is 13.0. The molecule has 0 saturated carbocycles. The Labute approximate surface area is 219 Å². The number of fused-ring (bicyclic) bond motifs is 1. The fourth-order valence-electron chi connectivity index (χ4n) is 4.49. The van der Waals surface area contributed by atoms with Gasteiger partial charge < -0.3 is 5.32 Å². The van der Waals surface area contributed by atoms with Crippen LogP contribution >= 0.6 is 11.3 Å². The molecule has 0 radical (unpaired) electrons. The summed E-state index contributed by atoms with van der Waals surface area (Å²) in [5.41, 5.74) is 4.49. The molecule has 1 saturated heterocycles. The van der Waals surface area contributed by atoms with Gasteiger partial charge in [-0.3, -0.25) is 4.40 Å². The molecule has 0 atom stereocenters. The molecule has 6 rings (SSSR count). The number of imidazole rings is 1. The van der Waals surface area contributed by atoms with E-state index >= 15 is 0 Å². The van der Waals surface area contributed by atoms with Gasteiger partial charge in [-0.25, -0.2) is 15.0 Å². The van der Waals surface area contributed by atoms with Gasteiger partial charge in [-0.2, -0.15) is 17.0 Å². The average molecular weight is 532 g/mol. The number of nitrogens with zero attached hydrogens (tertiary/aromatic N) is 6. The minimum absolute atomic E-state index is 0.331. The van der Waals surface area contributed by atoms with E-state index in [1.807, 2.05) is 82.7 Å². The van der Waals surface area contributed by atoms with Crippen LogP contribution in [0.5, 0.6) is 0 Å². The number of hydrogen-bond donors (Lipinski definition) is 1. The van der Waals surface area contributed by atoms with Crippen LogP contribution in [0.15, 0.2) is 84.5 Å². The summed E-state index contributed by atoms with van der Waals surface area (Å²) < 4.78 is 31.1. The van der Waals surface area contributed by atoms with E-state index in [0.29, 0.717) is 38.7 Å². The SMILES string of the molecule is O=S1(=O)N(CCNc2nccc(-c3c(-c4ccccc4)nc4sccn34)n2)CCN1Cc1ccccc1. The number of aromatic nitrogens is 4. The second kappa shape index (κ2) is 10.0. The molecule has 11 heteroatoms. The van der Waals surface area contributed by atoms with Crippen molar-refractivity contribution in [3.05, 3.63) is 90.1 Å². The van der Waals surface area contributed by atoms with E-state index in [1.165, 1.54) is 8.61 Å². The second-order valence-corrected chi connectivity index (χ2v) is 11.5. The third kappa shape index (κ3) is 4.74. The van der Waals surface area contributed by atoms with Gasteiger partial charge in [-0.05, 0) is 11.6 Å². The molecule has 3 aromatic heterocycles. The Bertz CT molecular complexity index is 1620. The smallest absolute Gasteiger partial charge is 0.282 e. The van der Waals surface area contributed by atoms with Crippen LogP contribution in [0.3, 0.4) is 0 Å². The monoisotopic (exact) mass is 531 g/mol. The van der Waals surface area contributed by atoms with Crippen molar-refractivity contribution in [2.75, 3.05) is 31.5 Å². The highest BCUT2D eigenvalue weighted by Crippen LogP contribution is 2.33. The number of nitrogens with one attached hydrogen (secondary N) is 1. The Morgan fingerprint density at radius 1 is 0.919 bits per heavy atom. The standard InChI is InChI=1S/C26H25N7O2S2/c34-37(35)31(15-16-32(37)19-20-7-3-1-4-8-20)14-13-28-25-27-12-11-22(29-25)24-23(21-9-5-2-6-10-21)30-26-33(24)17-18-36-26/h1-12,17-18H,13-16,19H2,(H,27,28,29). The zero-order valence-electron chi connectivity index (χ0n) is 19.9. The van der Waals surface area contributed by atoms with Gasteiger partial charge in [0.05, 0.1) is 11.4 Å². The summed E-state index contributed by atoms with van der Waals surface area (Å²) in [6, 6.07) is 21.6. The van der Waals surface area contributed by atoms with Crippen LogP contribution in [-0.2, 0) is 16.8 Å². The van der Waals surface area contributed by atoms with Crippen molar-refractivity contribution in [2.45, 2.75) is 6.54 Å². The van der Waals surface area contributed by atoms with E-state index in [4.69, 9.17) is 9.97 Å². The molecule has 37 heavy (non-hydrogen) atoms. The molecule has 1 N–H and O–H groups in total. The first-order valence-electron chi connectivity index (χ1n) is 12.0. The minimum atomic E-state index is -3.50. The molecule has 0 unspecified atom stereocenters. The zero-order valence-corrected chi connectivity index (χ0v) is 21.6. The lowest BCUT2D eigenvalue weighted by Crippen LogP contribution is -2.35. The molecule has 4 heterocycles. The highest BCUT2D eigenvalue weighted by molar-refractivity contribution is 7.87.